The highest BCUT2D eigenvalue weighted by atomic mass is 32.1. The van der Waals surface area contributed by atoms with Gasteiger partial charge in [0.15, 0.2) is 0 Å². The lowest BCUT2D eigenvalue weighted by Gasteiger charge is -2.24. The quantitative estimate of drug-likeness (QED) is 0.479. The molecule has 6 nitrogen and oxygen atoms in total. The number of amides is 1. The van der Waals surface area contributed by atoms with Crippen molar-refractivity contribution in [3.8, 4) is 0 Å². The lowest BCUT2D eigenvalue weighted by Crippen LogP contribution is -2.34. The van der Waals surface area contributed by atoms with Gasteiger partial charge in [0.05, 0.1) is 24.5 Å². The minimum absolute atomic E-state index is 0.334. The van der Waals surface area contributed by atoms with Gasteiger partial charge in [-0.2, -0.15) is 0 Å². The number of aliphatic carboxylic acids is 1. The number of esters is 1. The zero-order chi connectivity index (χ0) is 22.2. The number of fused-ring (bicyclic) bond motifs is 1. The number of anilines is 1. The number of aryl methyl sites for hydroxylation is 1. The summed E-state index contributed by atoms with van der Waals surface area (Å²) < 4.78 is 5.07. The topological polar surface area (TPSA) is 92.7 Å². The van der Waals surface area contributed by atoms with Crippen LogP contribution in [0.4, 0.5) is 5.00 Å². The van der Waals surface area contributed by atoms with Gasteiger partial charge >= 0.3 is 11.9 Å². The number of thiophene rings is 1. The lowest BCUT2D eigenvalue weighted by molar-refractivity contribution is -0.146. The Morgan fingerprint density at radius 1 is 0.935 bits per heavy atom. The van der Waals surface area contributed by atoms with E-state index in [4.69, 9.17) is 4.74 Å². The molecule has 1 amide bonds. The van der Waals surface area contributed by atoms with Gasteiger partial charge in [-0.15, -0.1) is 11.3 Å². The van der Waals surface area contributed by atoms with E-state index in [0.29, 0.717) is 23.4 Å². The molecule has 2 atom stereocenters. The summed E-state index contributed by atoms with van der Waals surface area (Å²) in [6.45, 7) is 0. The average molecular weight is 448 g/mol. The molecule has 31 heavy (non-hydrogen) atoms. The Balaban J connectivity index is 1.88. The third-order valence-electron chi connectivity index (χ3n) is 6.38. The van der Waals surface area contributed by atoms with Crippen LogP contribution in [0.25, 0.3) is 0 Å². The van der Waals surface area contributed by atoms with Crippen LogP contribution in [0.5, 0.6) is 0 Å². The number of carboxylic acids is 1. The fraction of sp³-hybridized carbons (Fsp3) is 0.625. The van der Waals surface area contributed by atoms with Crippen molar-refractivity contribution < 1.29 is 24.2 Å². The number of carbonyl (C=O) groups excluding carboxylic acids is 2. The molecule has 1 heterocycles. The highest BCUT2D eigenvalue weighted by Crippen LogP contribution is 2.38. The van der Waals surface area contributed by atoms with E-state index in [2.05, 4.69) is 5.32 Å². The predicted molar refractivity (Wildman–Crippen MR) is 122 cm³/mol. The van der Waals surface area contributed by atoms with Gasteiger partial charge in [0, 0.05) is 4.88 Å². The molecule has 7 heteroatoms. The second-order valence-corrected chi connectivity index (χ2v) is 9.62. The van der Waals surface area contributed by atoms with Crippen LogP contribution in [0, 0.1) is 11.8 Å². The van der Waals surface area contributed by atoms with Gasteiger partial charge < -0.3 is 15.2 Å². The second kappa shape index (κ2) is 11.5. The van der Waals surface area contributed by atoms with Gasteiger partial charge in [-0.3, -0.25) is 9.59 Å². The Bertz CT molecular complexity index is 828. The summed E-state index contributed by atoms with van der Waals surface area (Å²) in [7, 11) is 1.36. The first-order valence-corrected chi connectivity index (χ1v) is 12.3. The molecule has 3 rings (SSSR count). The van der Waals surface area contributed by atoms with Crippen LogP contribution in [0.1, 0.15) is 85.0 Å². The molecular formula is C24H33NO5S. The summed E-state index contributed by atoms with van der Waals surface area (Å²) in [6, 6.07) is 0. The van der Waals surface area contributed by atoms with Crippen LogP contribution in [0.3, 0.4) is 0 Å². The van der Waals surface area contributed by atoms with E-state index >= 15 is 0 Å². The Morgan fingerprint density at radius 2 is 1.52 bits per heavy atom. The van der Waals surface area contributed by atoms with Crippen molar-refractivity contribution in [2.75, 3.05) is 12.4 Å². The minimum Gasteiger partial charge on any atom is -0.481 e. The Morgan fingerprint density at radius 3 is 2.13 bits per heavy atom. The summed E-state index contributed by atoms with van der Waals surface area (Å²) >= 11 is 1.46. The minimum atomic E-state index is -0.962. The molecule has 0 aliphatic heterocycles. The summed E-state index contributed by atoms with van der Waals surface area (Å²) in [4.78, 5) is 38.5. The molecule has 0 radical (unpaired) electrons. The fourth-order valence-corrected chi connectivity index (χ4v) is 5.89. The molecule has 1 aromatic heterocycles. The van der Waals surface area contributed by atoms with Crippen molar-refractivity contribution in [2.45, 2.75) is 77.0 Å². The molecule has 0 unspecified atom stereocenters. The standard InChI is InChI=1S/C24H33NO5S/c1-30-24(29)20-18-14-8-6-4-2-3-5-7-9-15-19(18)31-22(20)25-21(26)16-12-10-11-13-17(16)23(27)28/h10-11,16-17H,2-9,12-15H2,1H3,(H,25,26)(H,27,28)/t16-,17+/m1/s1. The van der Waals surface area contributed by atoms with E-state index in [1.54, 1.807) is 0 Å². The van der Waals surface area contributed by atoms with Gasteiger partial charge in [0.25, 0.3) is 0 Å². The molecule has 1 aromatic rings. The SMILES string of the molecule is COC(=O)c1c(NC(=O)[C@@H]2CC=CC[C@@H]2C(=O)O)sc2c1CCCCCCCCCC2. The molecular weight excluding hydrogens is 414 g/mol. The first-order valence-electron chi connectivity index (χ1n) is 11.4. The zero-order valence-corrected chi connectivity index (χ0v) is 19.1. The molecule has 0 bridgehead atoms. The van der Waals surface area contributed by atoms with Crippen molar-refractivity contribution in [1.82, 2.24) is 0 Å². The van der Waals surface area contributed by atoms with Crippen molar-refractivity contribution >= 4 is 34.2 Å². The van der Waals surface area contributed by atoms with Crippen LogP contribution in [-0.2, 0) is 27.2 Å². The highest BCUT2D eigenvalue weighted by Gasteiger charge is 2.35. The van der Waals surface area contributed by atoms with Gasteiger partial charge in [-0.25, -0.2) is 4.79 Å². The van der Waals surface area contributed by atoms with Gasteiger partial charge in [-0.1, -0.05) is 50.7 Å². The summed E-state index contributed by atoms with van der Waals surface area (Å²) in [6.07, 6.45) is 15.5. The molecule has 0 saturated heterocycles. The van der Waals surface area contributed by atoms with E-state index < -0.39 is 23.8 Å². The lowest BCUT2D eigenvalue weighted by atomic mass is 9.82. The maximum absolute atomic E-state index is 13.0. The number of hydrogen-bond donors (Lipinski definition) is 2. The van der Waals surface area contributed by atoms with Gasteiger partial charge in [-0.05, 0) is 44.1 Å². The average Bonchev–Trinajstić information content (AvgIpc) is 3.09. The van der Waals surface area contributed by atoms with Crippen LogP contribution < -0.4 is 5.32 Å². The summed E-state index contributed by atoms with van der Waals surface area (Å²) in [5.74, 6) is -3.11. The molecule has 2 N–H and O–H groups in total. The van der Waals surface area contributed by atoms with E-state index in [1.807, 2.05) is 12.2 Å². The van der Waals surface area contributed by atoms with Crippen LogP contribution in [0.15, 0.2) is 12.2 Å². The molecule has 0 fully saturated rings. The number of ether oxygens (including phenoxy) is 1. The Hall–Kier alpha value is -2.15. The van der Waals surface area contributed by atoms with Gasteiger partial charge in [0.1, 0.15) is 5.00 Å². The predicted octanol–water partition coefficient (Wildman–Crippen LogP) is 5.36. The first-order chi connectivity index (χ1) is 15.0. The number of allylic oxidation sites excluding steroid dienone is 2. The number of carboxylic acid groups (broad SMARTS) is 1. The monoisotopic (exact) mass is 447 g/mol. The van der Waals surface area contributed by atoms with Crippen LogP contribution >= 0.6 is 11.3 Å². The second-order valence-electron chi connectivity index (χ2n) is 8.51. The van der Waals surface area contributed by atoms with Crippen molar-refractivity contribution in [2.24, 2.45) is 11.8 Å². The molecule has 2 aliphatic rings. The van der Waals surface area contributed by atoms with E-state index in [9.17, 15) is 19.5 Å². The number of nitrogens with one attached hydrogen (secondary N) is 1. The smallest absolute Gasteiger partial charge is 0.341 e. The molecule has 2 aliphatic carbocycles. The number of carbonyl (C=O) groups is 3. The highest BCUT2D eigenvalue weighted by molar-refractivity contribution is 7.17. The van der Waals surface area contributed by atoms with Crippen molar-refractivity contribution in [3.63, 3.8) is 0 Å². The fourth-order valence-electron chi connectivity index (χ4n) is 4.61. The molecule has 0 aromatic carbocycles. The van der Waals surface area contributed by atoms with Crippen molar-refractivity contribution in [1.29, 1.82) is 0 Å². The van der Waals surface area contributed by atoms with Crippen LogP contribution in [-0.4, -0.2) is 30.1 Å². The van der Waals surface area contributed by atoms with Crippen molar-refractivity contribution in [3.05, 3.63) is 28.2 Å². The number of methoxy groups -OCH3 is 1. The van der Waals surface area contributed by atoms with E-state index in [-0.39, 0.29) is 5.91 Å². The van der Waals surface area contributed by atoms with Gasteiger partial charge in [0.2, 0.25) is 5.91 Å². The number of rotatable bonds is 4. The number of hydrogen-bond acceptors (Lipinski definition) is 5. The Kier molecular flexibility index (Phi) is 8.69. The third-order valence-corrected chi connectivity index (χ3v) is 7.59. The maximum atomic E-state index is 13.0. The first kappa shape index (κ1) is 23.5. The summed E-state index contributed by atoms with van der Waals surface area (Å²) in [5.41, 5.74) is 1.47. The van der Waals surface area contributed by atoms with E-state index in [1.165, 1.54) is 50.6 Å². The summed E-state index contributed by atoms with van der Waals surface area (Å²) in [5, 5.41) is 12.9. The zero-order valence-electron chi connectivity index (χ0n) is 18.3. The molecule has 0 spiro atoms. The largest absolute Gasteiger partial charge is 0.481 e. The van der Waals surface area contributed by atoms with Crippen LogP contribution in [0.2, 0.25) is 0 Å². The van der Waals surface area contributed by atoms with E-state index in [0.717, 1.165) is 42.5 Å². The third kappa shape index (κ3) is 5.97. The molecule has 0 saturated carbocycles. The normalized spacial score (nSPS) is 22.5. The maximum Gasteiger partial charge on any atom is 0.341 e. The molecule has 170 valence electrons. The Labute approximate surface area is 188 Å².